The van der Waals surface area contributed by atoms with Crippen molar-refractivity contribution in [2.45, 2.75) is 25.7 Å². The normalized spacial score (nSPS) is 18.4. The minimum Gasteiger partial charge on any atom is -0.336 e. The van der Waals surface area contributed by atoms with Gasteiger partial charge >= 0.3 is 0 Å². The highest BCUT2D eigenvalue weighted by Crippen LogP contribution is 2.19. The van der Waals surface area contributed by atoms with E-state index in [9.17, 15) is 0 Å². The van der Waals surface area contributed by atoms with Crippen LogP contribution < -0.4 is 0 Å². The van der Waals surface area contributed by atoms with E-state index < -0.39 is 0 Å². The van der Waals surface area contributed by atoms with Gasteiger partial charge in [0.25, 0.3) is 0 Å². The molecule has 28 heavy (non-hydrogen) atoms. The fourth-order valence-corrected chi connectivity index (χ4v) is 4.04. The lowest BCUT2D eigenvalue weighted by Gasteiger charge is -2.41. The van der Waals surface area contributed by atoms with Crippen molar-refractivity contribution in [3.05, 3.63) is 88.4 Å². The number of hydrogen-bond donors (Lipinski definition) is 0. The largest absolute Gasteiger partial charge is 0.336 e. The highest BCUT2D eigenvalue weighted by Gasteiger charge is 2.27. The molecule has 1 saturated heterocycles. The Balaban J connectivity index is 1.45. The molecule has 1 aromatic heterocycles. The second kappa shape index (κ2) is 9.10. The summed E-state index contributed by atoms with van der Waals surface area (Å²) in [5.41, 5.74) is 2.60. The molecule has 0 N–H and O–H groups in total. The van der Waals surface area contributed by atoms with Crippen molar-refractivity contribution in [1.29, 1.82) is 0 Å². The van der Waals surface area contributed by atoms with Crippen LogP contribution in [0.3, 0.4) is 0 Å². The number of benzene rings is 2. The van der Waals surface area contributed by atoms with Crippen LogP contribution in [-0.2, 0) is 19.6 Å². The first-order chi connectivity index (χ1) is 13.7. The van der Waals surface area contributed by atoms with Gasteiger partial charge in [0.15, 0.2) is 0 Å². The molecule has 4 nitrogen and oxygen atoms in total. The molecule has 1 aliphatic heterocycles. The molecule has 146 valence electrons. The van der Waals surface area contributed by atoms with Crippen LogP contribution >= 0.6 is 23.2 Å². The molecule has 2 aromatic carbocycles. The van der Waals surface area contributed by atoms with Crippen molar-refractivity contribution in [1.82, 2.24) is 19.4 Å². The van der Waals surface area contributed by atoms with Crippen LogP contribution in [0.2, 0.25) is 10.0 Å². The molecule has 0 radical (unpaired) electrons. The Hall–Kier alpha value is -1.85. The Morgan fingerprint density at radius 2 is 1.50 bits per heavy atom. The minimum atomic E-state index is 0.422. The van der Waals surface area contributed by atoms with Gasteiger partial charge in [-0.25, -0.2) is 4.98 Å². The van der Waals surface area contributed by atoms with Gasteiger partial charge in [-0.05, 0) is 35.4 Å². The first-order valence-corrected chi connectivity index (χ1v) is 10.3. The van der Waals surface area contributed by atoms with Crippen LogP contribution in [0.1, 0.15) is 11.1 Å². The third-order valence-electron chi connectivity index (χ3n) is 5.29. The van der Waals surface area contributed by atoms with E-state index in [0.29, 0.717) is 6.04 Å². The van der Waals surface area contributed by atoms with Crippen LogP contribution in [0.5, 0.6) is 0 Å². The summed E-state index contributed by atoms with van der Waals surface area (Å²) in [5.74, 6) is 0. The molecule has 0 bridgehead atoms. The molecular weight excluding hydrogens is 391 g/mol. The number of imidazole rings is 1. The average Bonchev–Trinajstić information content (AvgIpc) is 3.20. The fraction of sp³-hybridized carbons (Fsp3) is 0.318. The van der Waals surface area contributed by atoms with Crippen molar-refractivity contribution < 1.29 is 0 Å². The lowest BCUT2D eigenvalue weighted by Crippen LogP contribution is -2.53. The second-order valence-corrected chi connectivity index (χ2v) is 8.24. The first kappa shape index (κ1) is 19.5. The summed E-state index contributed by atoms with van der Waals surface area (Å²) in [7, 11) is 0. The average molecular weight is 415 g/mol. The fourth-order valence-electron chi connectivity index (χ4n) is 3.79. The Morgan fingerprint density at radius 1 is 0.857 bits per heavy atom. The summed E-state index contributed by atoms with van der Waals surface area (Å²) in [6.45, 7) is 5.93. The molecule has 1 aliphatic rings. The Kier molecular flexibility index (Phi) is 6.33. The predicted molar refractivity (Wildman–Crippen MR) is 115 cm³/mol. The van der Waals surface area contributed by atoms with Gasteiger partial charge in [0.1, 0.15) is 0 Å². The first-order valence-electron chi connectivity index (χ1n) is 9.57. The molecule has 0 amide bonds. The maximum Gasteiger partial charge on any atom is 0.0946 e. The summed E-state index contributed by atoms with van der Waals surface area (Å²) in [6, 6.07) is 16.8. The quantitative estimate of drug-likeness (QED) is 0.589. The molecular formula is C22H24Cl2N4. The Morgan fingerprint density at radius 3 is 2.11 bits per heavy atom. The van der Waals surface area contributed by atoms with Crippen LogP contribution in [0.4, 0.5) is 0 Å². The molecule has 2 heterocycles. The predicted octanol–water partition coefficient (Wildman–Crippen LogP) is 4.58. The molecule has 3 aromatic rings. The zero-order valence-corrected chi connectivity index (χ0v) is 17.2. The summed E-state index contributed by atoms with van der Waals surface area (Å²) < 4.78 is 2.17. The molecule has 1 atom stereocenters. The highest BCUT2D eigenvalue weighted by molar-refractivity contribution is 6.30. The third-order valence-corrected chi connectivity index (χ3v) is 5.79. The van der Waals surface area contributed by atoms with Crippen LogP contribution in [-0.4, -0.2) is 45.0 Å². The molecule has 0 aliphatic carbocycles. The van der Waals surface area contributed by atoms with E-state index >= 15 is 0 Å². The summed E-state index contributed by atoms with van der Waals surface area (Å²) in [5, 5.41) is 1.57. The number of rotatable bonds is 6. The van der Waals surface area contributed by atoms with Crippen molar-refractivity contribution in [2.24, 2.45) is 0 Å². The van der Waals surface area contributed by atoms with Gasteiger partial charge < -0.3 is 4.57 Å². The summed E-state index contributed by atoms with van der Waals surface area (Å²) in [4.78, 5) is 9.31. The van der Waals surface area contributed by atoms with Gasteiger partial charge in [-0.15, -0.1) is 0 Å². The molecule has 1 unspecified atom stereocenters. The lowest BCUT2D eigenvalue weighted by atomic mass is 10.1. The van der Waals surface area contributed by atoms with Crippen LogP contribution in [0, 0.1) is 0 Å². The SMILES string of the molecule is Clc1ccc(CN2CCN(Cc3ccc(Cl)cc3)C(Cn3ccnc3)C2)cc1. The van der Waals surface area contributed by atoms with E-state index in [-0.39, 0.29) is 0 Å². The topological polar surface area (TPSA) is 24.3 Å². The zero-order chi connectivity index (χ0) is 19.3. The van der Waals surface area contributed by atoms with E-state index in [1.54, 1.807) is 0 Å². The number of aromatic nitrogens is 2. The number of halogens is 2. The van der Waals surface area contributed by atoms with Gasteiger partial charge in [-0.1, -0.05) is 47.5 Å². The zero-order valence-electron chi connectivity index (χ0n) is 15.7. The Bertz CT molecular complexity index is 863. The van der Waals surface area contributed by atoms with Crippen molar-refractivity contribution in [3.8, 4) is 0 Å². The van der Waals surface area contributed by atoms with Gasteiger partial charge in [0, 0.05) is 67.7 Å². The van der Waals surface area contributed by atoms with E-state index in [1.807, 2.05) is 43.0 Å². The smallest absolute Gasteiger partial charge is 0.0946 e. The van der Waals surface area contributed by atoms with E-state index in [2.05, 4.69) is 43.6 Å². The van der Waals surface area contributed by atoms with E-state index in [1.165, 1.54) is 11.1 Å². The highest BCUT2D eigenvalue weighted by atomic mass is 35.5. The standard InChI is InChI=1S/C22H24Cl2N4/c23-20-5-1-18(2-6-20)13-26-11-12-28(14-19-3-7-21(24)8-4-19)22(15-26)16-27-10-9-25-17-27/h1-10,17,22H,11-16H2. The number of piperazine rings is 1. The molecule has 0 saturated carbocycles. The van der Waals surface area contributed by atoms with Crippen molar-refractivity contribution >= 4 is 23.2 Å². The summed E-state index contributed by atoms with van der Waals surface area (Å²) in [6.07, 6.45) is 5.79. The van der Waals surface area contributed by atoms with Gasteiger partial charge in [-0.2, -0.15) is 0 Å². The summed E-state index contributed by atoms with van der Waals surface area (Å²) >= 11 is 12.1. The Labute approximate surface area is 176 Å². The van der Waals surface area contributed by atoms with Crippen LogP contribution in [0.25, 0.3) is 0 Å². The third kappa shape index (κ3) is 5.15. The minimum absolute atomic E-state index is 0.422. The van der Waals surface area contributed by atoms with Crippen molar-refractivity contribution in [3.63, 3.8) is 0 Å². The number of hydrogen-bond acceptors (Lipinski definition) is 3. The maximum absolute atomic E-state index is 6.04. The van der Waals surface area contributed by atoms with E-state index in [0.717, 1.165) is 49.3 Å². The lowest BCUT2D eigenvalue weighted by molar-refractivity contribution is 0.0550. The molecule has 1 fully saturated rings. The maximum atomic E-state index is 6.04. The van der Waals surface area contributed by atoms with Crippen molar-refractivity contribution in [2.75, 3.05) is 19.6 Å². The van der Waals surface area contributed by atoms with E-state index in [4.69, 9.17) is 23.2 Å². The molecule has 4 rings (SSSR count). The van der Waals surface area contributed by atoms with Gasteiger partial charge in [0.05, 0.1) is 6.33 Å². The number of nitrogens with zero attached hydrogens (tertiary/aromatic N) is 4. The molecule has 6 heteroatoms. The van der Waals surface area contributed by atoms with Crippen LogP contribution in [0.15, 0.2) is 67.3 Å². The van der Waals surface area contributed by atoms with Gasteiger partial charge in [0.2, 0.25) is 0 Å². The molecule has 0 spiro atoms. The second-order valence-electron chi connectivity index (χ2n) is 7.37. The monoisotopic (exact) mass is 414 g/mol. The van der Waals surface area contributed by atoms with Gasteiger partial charge in [-0.3, -0.25) is 9.80 Å².